The van der Waals surface area contributed by atoms with Gasteiger partial charge in [0.25, 0.3) is 0 Å². The molecule has 106 valence electrons. The van der Waals surface area contributed by atoms with Crippen molar-refractivity contribution < 1.29 is 4.79 Å². The van der Waals surface area contributed by atoms with Crippen LogP contribution in [0.15, 0.2) is 29.6 Å². The van der Waals surface area contributed by atoms with Crippen LogP contribution >= 0.6 is 11.3 Å². The van der Waals surface area contributed by atoms with Crippen molar-refractivity contribution >= 4 is 17.1 Å². The number of nitrogens with zero attached hydrogens (tertiary/aromatic N) is 1. The Labute approximate surface area is 123 Å². The first-order valence-corrected chi connectivity index (χ1v) is 7.70. The van der Waals surface area contributed by atoms with Gasteiger partial charge < -0.3 is 5.73 Å². The first-order valence-electron chi connectivity index (χ1n) is 6.82. The van der Waals surface area contributed by atoms with Crippen LogP contribution in [0.25, 0.3) is 0 Å². The monoisotopic (exact) mass is 288 g/mol. The van der Waals surface area contributed by atoms with E-state index >= 15 is 0 Å². The highest BCUT2D eigenvalue weighted by Crippen LogP contribution is 2.19. The molecule has 2 aromatic rings. The van der Waals surface area contributed by atoms with E-state index in [1.165, 1.54) is 16.9 Å². The standard InChI is InChI=1S/C16H20N2OS/c1-10(2)7-12-5-4-6-13(8-12)15(19)14-9-20-16(18-14)11(3)17/h4-6,8-11H,7,17H2,1-3H3. The maximum atomic E-state index is 12.4. The minimum Gasteiger partial charge on any atom is -0.322 e. The smallest absolute Gasteiger partial charge is 0.212 e. The molecule has 0 bridgehead atoms. The molecule has 20 heavy (non-hydrogen) atoms. The van der Waals surface area contributed by atoms with E-state index in [-0.39, 0.29) is 11.8 Å². The second-order valence-electron chi connectivity index (χ2n) is 5.49. The average Bonchev–Trinajstić information content (AvgIpc) is 2.87. The van der Waals surface area contributed by atoms with Crippen LogP contribution < -0.4 is 5.73 Å². The van der Waals surface area contributed by atoms with Crippen LogP contribution in [-0.4, -0.2) is 10.8 Å². The summed E-state index contributed by atoms with van der Waals surface area (Å²) in [6.07, 6.45) is 0.975. The molecule has 0 radical (unpaired) electrons. The molecule has 1 heterocycles. The minimum absolute atomic E-state index is 0.0289. The summed E-state index contributed by atoms with van der Waals surface area (Å²) < 4.78 is 0. The van der Waals surface area contributed by atoms with E-state index in [0.717, 1.165) is 11.4 Å². The number of carbonyl (C=O) groups is 1. The zero-order valence-electron chi connectivity index (χ0n) is 12.1. The van der Waals surface area contributed by atoms with Gasteiger partial charge in [-0.2, -0.15) is 0 Å². The van der Waals surface area contributed by atoms with E-state index in [1.54, 1.807) is 5.38 Å². The van der Waals surface area contributed by atoms with Crippen molar-refractivity contribution in [1.29, 1.82) is 0 Å². The molecule has 0 fully saturated rings. The molecule has 1 unspecified atom stereocenters. The molecule has 0 aliphatic rings. The van der Waals surface area contributed by atoms with Crippen LogP contribution in [0.1, 0.15) is 53.4 Å². The molecule has 4 heteroatoms. The van der Waals surface area contributed by atoms with Crippen molar-refractivity contribution in [1.82, 2.24) is 4.98 Å². The average molecular weight is 288 g/mol. The number of benzene rings is 1. The number of ketones is 1. The fourth-order valence-electron chi connectivity index (χ4n) is 2.06. The lowest BCUT2D eigenvalue weighted by atomic mass is 9.99. The molecular formula is C16H20N2OS. The number of rotatable bonds is 5. The summed E-state index contributed by atoms with van der Waals surface area (Å²) in [5.74, 6) is 0.545. The Balaban J connectivity index is 2.23. The van der Waals surface area contributed by atoms with E-state index < -0.39 is 0 Å². The van der Waals surface area contributed by atoms with Crippen LogP contribution in [0, 0.1) is 5.92 Å². The number of hydrogen-bond donors (Lipinski definition) is 1. The van der Waals surface area contributed by atoms with Gasteiger partial charge in [0.1, 0.15) is 10.7 Å². The van der Waals surface area contributed by atoms with Crippen molar-refractivity contribution in [3.05, 3.63) is 51.5 Å². The highest BCUT2D eigenvalue weighted by atomic mass is 32.1. The highest BCUT2D eigenvalue weighted by Gasteiger charge is 2.15. The molecule has 1 aromatic heterocycles. The maximum absolute atomic E-state index is 12.4. The lowest BCUT2D eigenvalue weighted by Gasteiger charge is -2.06. The van der Waals surface area contributed by atoms with Gasteiger partial charge in [-0.05, 0) is 30.9 Å². The van der Waals surface area contributed by atoms with Gasteiger partial charge in [0.2, 0.25) is 5.78 Å². The summed E-state index contributed by atoms with van der Waals surface area (Å²) in [7, 11) is 0. The van der Waals surface area contributed by atoms with Crippen LogP contribution in [0.5, 0.6) is 0 Å². The van der Waals surface area contributed by atoms with E-state index in [4.69, 9.17) is 5.73 Å². The Morgan fingerprint density at radius 1 is 1.35 bits per heavy atom. The number of hydrogen-bond acceptors (Lipinski definition) is 4. The molecular weight excluding hydrogens is 268 g/mol. The van der Waals surface area contributed by atoms with Crippen LogP contribution in [0.2, 0.25) is 0 Å². The summed E-state index contributed by atoms with van der Waals surface area (Å²) in [4.78, 5) is 16.7. The number of aromatic nitrogens is 1. The summed E-state index contributed by atoms with van der Waals surface area (Å²) in [5.41, 5.74) is 8.16. The summed E-state index contributed by atoms with van der Waals surface area (Å²) in [6.45, 7) is 6.21. The molecule has 2 rings (SSSR count). The zero-order chi connectivity index (χ0) is 14.7. The van der Waals surface area contributed by atoms with Gasteiger partial charge in [0, 0.05) is 10.9 Å². The van der Waals surface area contributed by atoms with Gasteiger partial charge in [-0.25, -0.2) is 4.98 Å². The third-order valence-electron chi connectivity index (χ3n) is 2.98. The first-order chi connectivity index (χ1) is 9.47. The van der Waals surface area contributed by atoms with Crippen LogP contribution in [-0.2, 0) is 6.42 Å². The quantitative estimate of drug-likeness (QED) is 0.855. The van der Waals surface area contributed by atoms with Crippen molar-refractivity contribution in [2.45, 2.75) is 33.2 Å². The van der Waals surface area contributed by atoms with Gasteiger partial charge in [0.05, 0.1) is 6.04 Å². The molecule has 0 aliphatic heterocycles. The molecule has 0 aliphatic carbocycles. The molecule has 3 nitrogen and oxygen atoms in total. The fourth-order valence-corrected chi connectivity index (χ4v) is 2.82. The molecule has 0 saturated carbocycles. The molecule has 0 saturated heterocycles. The van der Waals surface area contributed by atoms with Gasteiger partial charge in [0.15, 0.2) is 0 Å². The first kappa shape index (κ1) is 14.9. The maximum Gasteiger partial charge on any atom is 0.212 e. The Bertz CT molecular complexity index is 602. The summed E-state index contributed by atoms with van der Waals surface area (Å²) >= 11 is 1.44. The predicted octanol–water partition coefficient (Wildman–Crippen LogP) is 3.59. The second-order valence-corrected chi connectivity index (χ2v) is 6.38. The molecule has 1 atom stereocenters. The van der Waals surface area contributed by atoms with Crippen molar-refractivity contribution in [2.75, 3.05) is 0 Å². The van der Waals surface area contributed by atoms with Crippen molar-refractivity contribution in [2.24, 2.45) is 11.7 Å². The van der Waals surface area contributed by atoms with Gasteiger partial charge in [-0.1, -0.05) is 32.0 Å². The predicted molar refractivity (Wildman–Crippen MR) is 83.1 cm³/mol. The molecule has 2 N–H and O–H groups in total. The Morgan fingerprint density at radius 3 is 2.70 bits per heavy atom. The number of nitrogens with two attached hydrogens (primary N) is 1. The van der Waals surface area contributed by atoms with E-state index in [0.29, 0.717) is 17.2 Å². The number of thiazole rings is 1. The van der Waals surface area contributed by atoms with E-state index in [2.05, 4.69) is 24.9 Å². The fraction of sp³-hybridized carbons (Fsp3) is 0.375. The van der Waals surface area contributed by atoms with Gasteiger partial charge in [-0.3, -0.25) is 4.79 Å². The highest BCUT2D eigenvalue weighted by molar-refractivity contribution is 7.09. The normalized spacial score (nSPS) is 12.7. The Morgan fingerprint density at radius 2 is 2.10 bits per heavy atom. The SMILES string of the molecule is CC(C)Cc1cccc(C(=O)c2csc(C(C)N)n2)c1. The molecule has 0 spiro atoms. The van der Waals surface area contributed by atoms with Crippen LogP contribution in [0.3, 0.4) is 0 Å². The third kappa shape index (κ3) is 3.52. The van der Waals surface area contributed by atoms with E-state index in [9.17, 15) is 4.79 Å². The Kier molecular flexibility index (Phi) is 4.68. The molecule has 0 amide bonds. The lowest BCUT2D eigenvalue weighted by Crippen LogP contribution is -2.07. The van der Waals surface area contributed by atoms with Gasteiger partial charge in [-0.15, -0.1) is 11.3 Å². The topological polar surface area (TPSA) is 56.0 Å². The van der Waals surface area contributed by atoms with Crippen molar-refractivity contribution in [3.63, 3.8) is 0 Å². The zero-order valence-corrected chi connectivity index (χ0v) is 12.9. The minimum atomic E-state index is -0.131. The summed E-state index contributed by atoms with van der Waals surface area (Å²) in [6, 6.07) is 7.67. The summed E-state index contributed by atoms with van der Waals surface area (Å²) in [5, 5.41) is 2.59. The largest absolute Gasteiger partial charge is 0.322 e. The van der Waals surface area contributed by atoms with Crippen LogP contribution in [0.4, 0.5) is 0 Å². The van der Waals surface area contributed by atoms with E-state index in [1.807, 2.05) is 25.1 Å². The number of carbonyl (C=O) groups excluding carboxylic acids is 1. The van der Waals surface area contributed by atoms with Gasteiger partial charge >= 0.3 is 0 Å². The lowest BCUT2D eigenvalue weighted by molar-refractivity contribution is 0.103. The second kappa shape index (κ2) is 6.29. The molecule has 1 aromatic carbocycles. The Hall–Kier alpha value is -1.52. The van der Waals surface area contributed by atoms with Crippen molar-refractivity contribution in [3.8, 4) is 0 Å². The third-order valence-corrected chi connectivity index (χ3v) is 4.02.